The van der Waals surface area contributed by atoms with E-state index in [2.05, 4.69) is 15.3 Å². The first-order valence-corrected chi connectivity index (χ1v) is 6.86. The van der Waals surface area contributed by atoms with Crippen molar-refractivity contribution in [2.45, 2.75) is 6.18 Å². The van der Waals surface area contributed by atoms with Gasteiger partial charge < -0.3 is 10.2 Å². The predicted octanol–water partition coefficient (Wildman–Crippen LogP) is 0.572. The van der Waals surface area contributed by atoms with Gasteiger partial charge in [0.2, 0.25) is 5.95 Å². The Morgan fingerprint density at radius 2 is 1.81 bits per heavy atom. The van der Waals surface area contributed by atoms with Gasteiger partial charge in [0, 0.05) is 45.8 Å². The van der Waals surface area contributed by atoms with E-state index in [-0.39, 0.29) is 5.95 Å². The Kier molecular flexibility index (Phi) is 3.62. The summed E-state index contributed by atoms with van der Waals surface area (Å²) in [6, 6.07) is 1.04. The van der Waals surface area contributed by atoms with E-state index < -0.39 is 11.9 Å². The first-order valence-electron chi connectivity index (χ1n) is 6.86. The molecule has 2 fully saturated rings. The molecule has 1 aromatic rings. The van der Waals surface area contributed by atoms with E-state index in [1.165, 1.54) is 0 Å². The number of aromatic nitrogens is 2. The molecule has 0 atom stereocenters. The van der Waals surface area contributed by atoms with Crippen LogP contribution >= 0.6 is 0 Å². The van der Waals surface area contributed by atoms with Crippen LogP contribution in [0.2, 0.25) is 0 Å². The zero-order valence-electron chi connectivity index (χ0n) is 11.7. The number of likely N-dealkylation sites (N-methyl/N-ethyl adjacent to an activating group) is 1. The molecule has 1 N–H and O–H groups in total. The van der Waals surface area contributed by atoms with Crippen molar-refractivity contribution in [3.63, 3.8) is 0 Å². The van der Waals surface area contributed by atoms with E-state index in [1.807, 2.05) is 4.90 Å². The van der Waals surface area contributed by atoms with Crippen LogP contribution in [0.4, 0.5) is 24.9 Å². The lowest BCUT2D eigenvalue weighted by atomic mass is 10.3. The fourth-order valence-electron chi connectivity index (χ4n) is 2.39. The summed E-state index contributed by atoms with van der Waals surface area (Å²) < 4.78 is 39.1. The monoisotopic (exact) mass is 302 g/mol. The van der Waals surface area contributed by atoms with Gasteiger partial charge in [-0.2, -0.15) is 18.2 Å². The van der Waals surface area contributed by atoms with Gasteiger partial charge in [-0.15, -0.1) is 0 Å². The molecule has 2 aliphatic rings. The average molecular weight is 302 g/mol. The van der Waals surface area contributed by atoms with Crippen LogP contribution < -0.4 is 15.2 Å². The van der Waals surface area contributed by atoms with Crippen LogP contribution in [0.3, 0.4) is 0 Å². The molecule has 21 heavy (non-hydrogen) atoms. The maximum atomic E-state index is 13.0. The van der Waals surface area contributed by atoms with Crippen LogP contribution in [-0.2, 0) is 6.18 Å². The molecule has 9 heteroatoms. The summed E-state index contributed by atoms with van der Waals surface area (Å²) in [4.78, 5) is 9.85. The molecule has 0 bridgehead atoms. The molecule has 0 aromatic carbocycles. The van der Waals surface area contributed by atoms with Crippen LogP contribution in [0, 0.1) is 0 Å². The third-order valence-corrected chi connectivity index (χ3v) is 3.71. The van der Waals surface area contributed by atoms with E-state index in [0.717, 1.165) is 25.7 Å². The van der Waals surface area contributed by atoms with Gasteiger partial charge in [-0.1, -0.05) is 0 Å². The number of nitrogens with zero attached hydrogens (tertiary/aromatic N) is 5. The standard InChI is InChI=1S/C12H17F3N6/c1-19-6-7-21(19)11-17-9(12(13,14)15)8-10(18-11)20-4-2-16-3-5-20/h8,16H,2-7H2,1H3. The molecule has 1 aromatic heterocycles. The number of anilines is 2. The molecule has 0 spiro atoms. The second kappa shape index (κ2) is 5.30. The SMILES string of the molecule is CN1CCN1c1nc(N2CCNCC2)cc(C(F)(F)F)n1. The van der Waals surface area contributed by atoms with Gasteiger partial charge in [0.05, 0.1) is 6.54 Å². The topological polar surface area (TPSA) is 47.5 Å². The van der Waals surface area contributed by atoms with E-state index in [1.54, 1.807) is 17.1 Å². The van der Waals surface area contributed by atoms with Crippen molar-refractivity contribution < 1.29 is 13.2 Å². The summed E-state index contributed by atoms with van der Waals surface area (Å²) in [6.45, 7) is 4.20. The number of alkyl halides is 3. The highest BCUT2D eigenvalue weighted by Crippen LogP contribution is 2.32. The molecule has 0 unspecified atom stereocenters. The van der Waals surface area contributed by atoms with Crippen LogP contribution in [0.5, 0.6) is 0 Å². The Morgan fingerprint density at radius 1 is 1.10 bits per heavy atom. The predicted molar refractivity (Wildman–Crippen MR) is 72.1 cm³/mol. The second-order valence-electron chi connectivity index (χ2n) is 5.15. The van der Waals surface area contributed by atoms with Crippen molar-refractivity contribution >= 4 is 11.8 Å². The number of nitrogens with one attached hydrogen (secondary N) is 1. The van der Waals surface area contributed by atoms with Crippen LogP contribution in [0.25, 0.3) is 0 Å². The van der Waals surface area contributed by atoms with Crippen molar-refractivity contribution in [3.8, 4) is 0 Å². The van der Waals surface area contributed by atoms with Gasteiger partial charge in [-0.25, -0.2) is 9.99 Å². The lowest BCUT2D eigenvalue weighted by Gasteiger charge is -2.41. The maximum absolute atomic E-state index is 13.0. The third kappa shape index (κ3) is 2.88. The number of hydrazine groups is 1. The van der Waals surface area contributed by atoms with Gasteiger partial charge in [0.1, 0.15) is 5.82 Å². The fraction of sp³-hybridized carbons (Fsp3) is 0.667. The van der Waals surface area contributed by atoms with Crippen molar-refractivity contribution in [3.05, 3.63) is 11.8 Å². The average Bonchev–Trinajstić information content (AvgIpc) is 2.45. The molecule has 0 radical (unpaired) electrons. The Morgan fingerprint density at radius 3 is 2.33 bits per heavy atom. The molecular formula is C12H17F3N6. The molecule has 2 saturated heterocycles. The Bertz CT molecular complexity index is 514. The molecule has 0 aliphatic carbocycles. The smallest absolute Gasteiger partial charge is 0.354 e. The first kappa shape index (κ1) is 14.3. The minimum absolute atomic E-state index is 0.118. The summed E-state index contributed by atoms with van der Waals surface area (Å²) in [5.74, 6) is 0.459. The van der Waals surface area contributed by atoms with Crippen LogP contribution in [-0.4, -0.2) is 61.3 Å². The van der Waals surface area contributed by atoms with Crippen molar-refractivity contribution in [2.75, 3.05) is 56.2 Å². The lowest BCUT2D eigenvalue weighted by molar-refractivity contribution is -0.141. The molecule has 0 saturated carbocycles. The lowest BCUT2D eigenvalue weighted by Crippen LogP contribution is -2.56. The van der Waals surface area contributed by atoms with Crippen molar-refractivity contribution in [1.82, 2.24) is 20.3 Å². The van der Waals surface area contributed by atoms with Gasteiger partial charge in [0.15, 0.2) is 5.69 Å². The van der Waals surface area contributed by atoms with E-state index in [9.17, 15) is 13.2 Å². The Labute approximate surface area is 120 Å². The molecule has 6 nitrogen and oxygen atoms in total. The van der Waals surface area contributed by atoms with E-state index >= 15 is 0 Å². The summed E-state index contributed by atoms with van der Waals surface area (Å²) >= 11 is 0. The maximum Gasteiger partial charge on any atom is 0.433 e. The minimum atomic E-state index is -4.47. The molecule has 0 amide bonds. The second-order valence-corrected chi connectivity index (χ2v) is 5.15. The van der Waals surface area contributed by atoms with Crippen LogP contribution in [0.15, 0.2) is 6.07 Å². The van der Waals surface area contributed by atoms with Crippen molar-refractivity contribution in [1.29, 1.82) is 0 Å². The number of hydrogen-bond acceptors (Lipinski definition) is 6. The Hall–Kier alpha value is -1.61. The van der Waals surface area contributed by atoms with Gasteiger partial charge >= 0.3 is 6.18 Å². The van der Waals surface area contributed by atoms with Crippen molar-refractivity contribution in [2.24, 2.45) is 0 Å². The number of halogens is 3. The van der Waals surface area contributed by atoms with Gasteiger partial charge in [0.25, 0.3) is 0 Å². The molecular weight excluding hydrogens is 285 g/mol. The van der Waals surface area contributed by atoms with E-state index in [0.29, 0.717) is 25.5 Å². The first-order chi connectivity index (χ1) is 9.95. The minimum Gasteiger partial charge on any atom is -0.354 e. The van der Waals surface area contributed by atoms with Gasteiger partial charge in [-0.3, -0.25) is 5.01 Å². The highest BCUT2D eigenvalue weighted by Gasteiger charge is 2.36. The zero-order chi connectivity index (χ0) is 15.0. The number of rotatable bonds is 2. The molecule has 2 aliphatic heterocycles. The number of hydrogen-bond donors (Lipinski definition) is 1. The third-order valence-electron chi connectivity index (χ3n) is 3.71. The highest BCUT2D eigenvalue weighted by atomic mass is 19.4. The molecule has 116 valence electrons. The summed E-state index contributed by atoms with van der Waals surface area (Å²) in [5, 5.41) is 6.63. The van der Waals surface area contributed by atoms with Crippen LogP contribution in [0.1, 0.15) is 5.69 Å². The Balaban J connectivity index is 1.96. The molecule has 3 heterocycles. The summed E-state index contributed by atoms with van der Waals surface area (Å²) in [6.07, 6.45) is -4.47. The number of piperazine rings is 1. The summed E-state index contributed by atoms with van der Waals surface area (Å²) in [5.41, 5.74) is -0.888. The van der Waals surface area contributed by atoms with Gasteiger partial charge in [-0.05, 0) is 0 Å². The summed E-state index contributed by atoms with van der Waals surface area (Å²) in [7, 11) is 1.80. The molecule has 3 rings (SSSR count). The zero-order valence-corrected chi connectivity index (χ0v) is 11.7. The quantitative estimate of drug-likeness (QED) is 0.862. The largest absolute Gasteiger partial charge is 0.433 e. The fourth-order valence-corrected chi connectivity index (χ4v) is 2.39. The normalized spacial score (nSPS) is 20.6. The van der Waals surface area contributed by atoms with E-state index in [4.69, 9.17) is 0 Å². The highest BCUT2D eigenvalue weighted by molar-refractivity contribution is 5.47.